The standard InChI is InChI=1S/C32H23Br2Cl2N9O2S/c1-37-31-39-12-15-8-21(29-38-5-6-44(29)27(15)42-31)19-10-22(23(34)11-25(19)36)26-14-45-28-16(13-40-32(43-28)48(2,46)47)7-20(30(45)41-26)18-4-3-17(33)9-24(18)35/h3-4,7-13,26H,5-6,14H2,1-2H3,(H,37,39,42). The van der Waals surface area contributed by atoms with Crippen LogP contribution in [0.15, 0.2) is 66.8 Å². The molecule has 0 amide bonds. The van der Waals surface area contributed by atoms with Crippen LogP contribution in [-0.4, -0.2) is 73.0 Å². The van der Waals surface area contributed by atoms with E-state index in [0.717, 1.165) is 60.3 Å². The summed E-state index contributed by atoms with van der Waals surface area (Å²) >= 11 is 21.0. The third kappa shape index (κ3) is 5.25. The molecule has 0 saturated carbocycles. The zero-order chi connectivity index (χ0) is 33.5. The zero-order valence-electron chi connectivity index (χ0n) is 25.2. The molecule has 4 aliphatic heterocycles. The zero-order valence-corrected chi connectivity index (χ0v) is 30.7. The summed E-state index contributed by atoms with van der Waals surface area (Å²) in [5.74, 6) is 3.20. The number of benzene rings is 2. The molecule has 0 aliphatic carbocycles. The molecule has 48 heavy (non-hydrogen) atoms. The molecule has 0 fully saturated rings. The van der Waals surface area contributed by atoms with Gasteiger partial charge >= 0.3 is 0 Å². The number of hydrogen-bond acceptors (Lipinski definition) is 11. The number of rotatable bonds is 5. The molecule has 1 atom stereocenters. The summed E-state index contributed by atoms with van der Waals surface area (Å²) in [6.45, 7) is 1.70. The summed E-state index contributed by atoms with van der Waals surface area (Å²) in [4.78, 5) is 31.9. The van der Waals surface area contributed by atoms with Crippen molar-refractivity contribution in [2.45, 2.75) is 11.2 Å². The molecule has 0 radical (unpaired) electrons. The van der Waals surface area contributed by atoms with E-state index in [9.17, 15) is 8.42 Å². The van der Waals surface area contributed by atoms with Gasteiger partial charge in [-0.05, 0) is 42.0 Å². The van der Waals surface area contributed by atoms with E-state index in [4.69, 9.17) is 38.2 Å². The van der Waals surface area contributed by atoms with Crippen LogP contribution in [0.1, 0.15) is 33.9 Å². The Morgan fingerprint density at radius 2 is 1.60 bits per heavy atom. The Morgan fingerprint density at radius 3 is 2.33 bits per heavy atom. The summed E-state index contributed by atoms with van der Waals surface area (Å²) in [6, 6.07) is 9.19. The predicted molar refractivity (Wildman–Crippen MR) is 198 cm³/mol. The number of amidine groups is 2. The molecule has 0 spiro atoms. The maximum absolute atomic E-state index is 12.5. The van der Waals surface area contributed by atoms with Crippen LogP contribution in [0.3, 0.4) is 0 Å². The fourth-order valence-corrected chi connectivity index (χ4v) is 8.50. The van der Waals surface area contributed by atoms with Gasteiger partial charge in [-0.3, -0.25) is 9.98 Å². The number of hydrogen-bond donors (Lipinski definition) is 1. The first-order valence-corrected chi connectivity index (χ1v) is 18.9. The molecule has 4 aliphatic rings. The normalized spacial score (nSPS) is 17.9. The Labute approximate surface area is 302 Å². The second kappa shape index (κ2) is 11.7. The van der Waals surface area contributed by atoms with E-state index < -0.39 is 9.84 Å². The van der Waals surface area contributed by atoms with Gasteiger partial charge in [0.05, 0.1) is 19.1 Å². The molecule has 0 bridgehead atoms. The van der Waals surface area contributed by atoms with Crippen molar-refractivity contribution < 1.29 is 8.42 Å². The van der Waals surface area contributed by atoms with Crippen molar-refractivity contribution in [1.82, 2.24) is 19.9 Å². The van der Waals surface area contributed by atoms with Crippen LogP contribution in [0, 0.1) is 0 Å². The molecule has 16 heteroatoms. The molecule has 8 rings (SSSR count). The first-order chi connectivity index (χ1) is 23.0. The lowest BCUT2D eigenvalue weighted by atomic mass is 9.95. The highest BCUT2D eigenvalue weighted by Crippen LogP contribution is 2.45. The van der Waals surface area contributed by atoms with Gasteiger partial charge in [0.25, 0.3) is 0 Å². The fourth-order valence-electron chi connectivity index (χ4n) is 6.23. The topological polar surface area (TPSA) is 129 Å². The van der Waals surface area contributed by atoms with Crippen molar-refractivity contribution in [2.75, 3.05) is 48.1 Å². The van der Waals surface area contributed by atoms with Gasteiger partial charge in [-0.15, -0.1) is 0 Å². The highest BCUT2D eigenvalue weighted by Gasteiger charge is 2.38. The smallest absolute Gasteiger partial charge is 0.248 e. The van der Waals surface area contributed by atoms with E-state index in [1.54, 1.807) is 13.2 Å². The van der Waals surface area contributed by atoms with Gasteiger partial charge in [-0.2, -0.15) is 9.97 Å². The van der Waals surface area contributed by atoms with E-state index >= 15 is 0 Å². The second-order valence-electron chi connectivity index (χ2n) is 11.5. The van der Waals surface area contributed by atoms with Crippen molar-refractivity contribution in [1.29, 1.82) is 0 Å². The van der Waals surface area contributed by atoms with Crippen LogP contribution in [0.25, 0.3) is 23.3 Å². The Morgan fingerprint density at radius 1 is 0.896 bits per heavy atom. The molecule has 4 aromatic rings. The monoisotopic (exact) mass is 825 g/mol. The second-order valence-corrected chi connectivity index (χ2v) is 15.9. The van der Waals surface area contributed by atoms with Gasteiger partial charge in [0, 0.05) is 84.6 Å². The predicted octanol–water partition coefficient (Wildman–Crippen LogP) is 6.83. The molecule has 6 heterocycles. The lowest BCUT2D eigenvalue weighted by molar-refractivity contribution is 0.592. The SMILES string of the molecule is CNc1ncc2c(n1)N1CCN=C1C(c1cc(C3CN4C(=N3)C(c3ccc(Br)cc3Cl)=Cc3cnc(S(C)(=O)=O)nc34)c(Br)cc1Cl)=C2. The molecule has 1 N–H and O–H groups in total. The van der Waals surface area contributed by atoms with Crippen molar-refractivity contribution in [3.05, 3.63) is 89.5 Å². The Hall–Kier alpha value is -3.69. The quantitative estimate of drug-likeness (QED) is 0.216. The van der Waals surface area contributed by atoms with Crippen LogP contribution in [0.2, 0.25) is 10.0 Å². The van der Waals surface area contributed by atoms with E-state index in [-0.39, 0.29) is 11.2 Å². The molecule has 2 aromatic carbocycles. The molecular formula is C32H23Br2Cl2N9O2S. The van der Waals surface area contributed by atoms with Crippen LogP contribution in [-0.2, 0) is 9.84 Å². The first kappa shape index (κ1) is 31.6. The lowest BCUT2D eigenvalue weighted by Crippen LogP contribution is -2.33. The van der Waals surface area contributed by atoms with E-state index in [1.807, 2.05) is 47.4 Å². The average Bonchev–Trinajstić information content (AvgIpc) is 3.72. The minimum atomic E-state index is -3.66. The third-order valence-corrected chi connectivity index (χ3v) is 11.1. The number of fused-ring (bicyclic) bond motifs is 6. The van der Waals surface area contributed by atoms with Gasteiger partial charge in [0.15, 0.2) is 0 Å². The largest absolute Gasteiger partial charge is 0.357 e. The van der Waals surface area contributed by atoms with Gasteiger partial charge in [-0.25, -0.2) is 18.4 Å². The maximum Gasteiger partial charge on any atom is 0.248 e. The minimum Gasteiger partial charge on any atom is -0.357 e. The van der Waals surface area contributed by atoms with Crippen molar-refractivity contribution in [2.24, 2.45) is 9.98 Å². The molecule has 0 saturated heterocycles. The summed E-state index contributed by atoms with van der Waals surface area (Å²) in [6.07, 6.45) is 8.33. The third-order valence-electron chi connectivity index (χ3n) is 8.40. The van der Waals surface area contributed by atoms with Gasteiger partial charge in [0.2, 0.25) is 20.9 Å². The van der Waals surface area contributed by atoms with Gasteiger partial charge in [0.1, 0.15) is 23.3 Å². The van der Waals surface area contributed by atoms with Crippen LogP contribution >= 0.6 is 55.1 Å². The number of aliphatic imine (C=N–C) groups is 2. The molecule has 242 valence electrons. The van der Waals surface area contributed by atoms with Crippen molar-refractivity contribution in [3.63, 3.8) is 0 Å². The lowest BCUT2D eigenvalue weighted by Gasteiger charge is -2.28. The van der Waals surface area contributed by atoms with Crippen LogP contribution < -0.4 is 15.1 Å². The van der Waals surface area contributed by atoms with Gasteiger partial charge < -0.3 is 15.1 Å². The Kier molecular flexibility index (Phi) is 7.71. The Balaban J connectivity index is 1.26. The van der Waals surface area contributed by atoms with Crippen molar-refractivity contribution in [3.8, 4) is 0 Å². The summed E-state index contributed by atoms with van der Waals surface area (Å²) in [5, 5.41) is 3.83. The number of anilines is 3. The molecule has 11 nitrogen and oxygen atoms in total. The first-order valence-electron chi connectivity index (χ1n) is 14.7. The van der Waals surface area contributed by atoms with Gasteiger partial charge in [-0.1, -0.05) is 61.1 Å². The van der Waals surface area contributed by atoms with Crippen molar-refractivity contribution >= 4 is 117 Å². The van der Waals surface area contributed by atoms with E-state index in [1.165, 1.54) is 6.20 Å². The van der Waals surface area contributed by atoms with E-state index in [0.29, 0.717) is 52.8 Å². The number of halogens is 4. The number of sulfone groups is 1. The molecule has 2 aromatic heterocycles. The maximum atomic E-state index is 12.5. The number of nitrogens with one attached hydrogen (secondary N) is 1. The summed E-state index contributed by atoms with van der Waals surface area (Å²) < 4.78 is 26.5. The molecule has 1 unspecified atom stereocenters. The number of aromatic nitrogens is 4. The molecular weight excluding hydrogens is 805 g/mol. The van der Waals surface area contributed by atoms with Crippen LogP contribution in [0.5, 0.6) is 0 Å². The fraction of sp³-hybridized carbons (Fsp3) is 0.188. The highest BCUT2D eigenvalue weighted by atomic mass is 79.9. The average molecular weight is 828 g/mol. The Bertz CT molecular complexity index is 2330. The summed E-state index contributed by atoms with van der Waals surface area (Å²) in [7, 11) is -1.87. The van der Waals surface area contributed by atoms with Crippen LogP contribution in [0.4, 0.5) is 17.6 Å². The summed E-state index contributed by atoms with van der Waals surface area (Å²) in [5.41, 5.74) is 5.60. The minimum absolute atomic E-state index is 0.255. The van der Waals surface area contributed by atoms with E-state index in [2.05, 4.69) is 57.0 Å². The number of nitrogens with zero attached hydrogens (tertiary/aromatic N) is 8. The highest BCUT2D eigenvalue weighted by molar-refractivity contribution is 9.10.